The second-order valence-corrected chi connectivity index (χ2v) is 10.0. The Morgan fingerprint density at radius 2 is 1.54 bits per heavy atom. The van der Waals surface area contributed by atoms with Crippen LogP contribution in [0.3, 0.4) is 0 Å². The highest BCUT2D eigenvalue weighted by Crippen LogP contribution is 2.29. The lowest BCUT2D eigenvalue weighted by atomic mass is 9.91. The first-order valence-electron chi connectivity index (χ1n) is 13.3. The van der Waals surface area contributed by atoms with Crippen LogP contribution >= 0.6 is 0 Å². The van der Waals surface area contributed by atoms with Crippen LogP contribution in [-0.2, 0) is 0 Å². The minimum absolute atomic E-state index is 0.0298. The van der Waals surface area contributed by atoms with Crippen LogP contribution in [0.1, 0.15) is 56.8 Å². The van der Waals surface area contributed by atoms with Crippen molar-refractivity contribution in [2.45, 2.75) is 37.8 Å². The average Bonchev–Trinajstić information content (AvgIpc) is 2.99. The van der Waals surface area contributed by atoms with Crippen LogP contribution in [-0.4, -0.2) is 70.9 Å². The molecule has 10 nitrogen and oxygen atoms in total. The quantitative estimate of drug-likeness (QED) is 0.449. The van der Waals surface area contributed by atoms with Gasteiger partial charge in [0.1, 0.15) is 0 Å². The number of nitrogens with zero attached hydrogens (tertiary/aromatic N) is 4. The maximum absolute atomic E-state index is 13.1. The van der Waals surface area contributed by atoms with Crippen LogP contribution in [0, 0.1) is 0 Å². The Hall–Kier alpha value is -4.31. The lowest BCUT2D eigenvalue weighted by Gasteiger charge is -2.37. The van der Waals surface area contributed by atoms with E-state index in [1.165, 1.54) is 6.20 Å². The number of nitrogens with one attached hydrogen (secondary N) is 2. The van der Waals surface area contributed by atoms with Gasteiger partial charge < -0.3 is 26.2 Å². The van der Waals surface area contributed by atoms with Crippen LogP contribution in [0.4, 0.5) is 11.4 Å². The lowest BCUT2D eigenvalue weighted by molar-refractivity contribution is 0.0746. The second kappa shape index (κ2) is 12.0. The smallest absolute Gasteiger partial charge is 0.257 e. The van der Waals surface area contributed by atoms with Gasteiger partial charge in [0.15, 0.2) is 0 Å². The highest BCUT2D eigenvalue weighted by molar-refractivity contribution is 6.07. The summed E-state index contributed by atoms with van der Waals surface area (Å²) in [5.41, 5.74) is 8.85. The van der Waals surface area contributed by atoms with E-state index < -0.39 is 0 Å². The van der Waals surface area contributed by atoms with Crippen LogP contribution in [0.25, 0.3) is 0 Å². The topological polar surface area (TPSA) is 134 Å². The highest BCUT2D eigenvalue weighted by Gasteiger charge is 2.26. The number of amides is 3. The van der Waals surface area contributed by atoms with E-state index >= 15 is 0 Å². The Bertz CT molecular complexity index is 1300. The number of hydrogen-bond acceptors (Lipinski definition) is 7. The summed E-state index contributed by atoms with van der Waals surface area (Å²) >= 11 is 0. The van der Waals surface area contributed by atoms with E-state index in [-0.39, 0.29) is 29.8 Å². The molecule has 0 unspecified atom stereocenters. The molecule has 1 aliphatic carbocycles. The van der Waals surface area contributed by atoms with Gasteiger partial charge in [0.25, 0.3) is 17.7 Å². The molecule has 5 rings (SSSR count). The number of hydrogen-bond donors (Lipinski definition) is 3. The summed E-state index contributed by atoms with van der Waals surface area (Å²) in [6.45, 7) is 2.23. The Balaban J connectivity index is 1.33. The normalized spacial score (nSPS) is 19.3. The van der Waals surface area contributed by atoms with E-state index in [0.717, 1.165) is 31.4 Å². The molecule has 10 heteroatoms. The van der Waals surface area contributed by atoms with E-state index in [1.54, 1.807) is 55.0 Å². The van der Waals surface area contributed by atoms with Crippen molar-refractivity contribution in [2.24, 2.45) is 5.73 Å². The fourth-order valence-corrected chi connectivity index (χ4v) is 5.10. The van der Waals surface area contributed by atoms with Crippen LogP contribution in [0.2, 0.25) is 0 Å². The van der Waals surface area contributed by atoms with Crippen molar-refractivity contribution in [2.75, 3.05) is 36.4 Å². The Labute approximate surface area is 227 Å². The SMILES string of the molecule is NC1CCC(NC(=O)c2ccc(N3CCN(C(=O)c4ccncc4)CC3)c(NC(=O)c3cccnc3)c2)CC1. The summed E-state index contributed by atoms with van der Waals surface area (Å²) < 4.78 is 0. The Morgan fingerprint density at radius 1 is 0.795 bits per heavy atom. The van der Waals surface area contributed by atoms with E-state index in [0.29, 0.717) is 48.6 Å². The Morgan fingerprint density at radius 3 is 2.23 bits per heavy atom. The molecule has 202 valence electrons. The standard InChI is InChI=1S/C29H33N7O3/c30-23-4-6-24(7-5-23)33-27(37)21-3-8-26(25(18-21)34-28(38)22-2-1-11-32-19-22)35-14-16-36(17-15-35)29(39)20-9-12-31-13-10-20/h1-3,8-13,18-19,23-24H,4-7,14-17,30H2,(H,33,37)(H,34,38). The molecule has 3 heterocycles. The zero-order valence-corrected chi connectivity index (χ0v) is 21.8. The summed E-state index contributed by atoms with van der Waals surface area (Å²) in [6.07, 6.45) is 9.85. The number of anilines is 2. The minimum Gasteiger partial charge on any atom is -0.366 e. The van der Waals surface area contributed by atoms with Crippen molar-refractivity contribution in [3.8, 4) is 0 Å². The van der Waals surface area contributed by atoms with Crippen LogP contribution in [0.5, 0.6) is 0 Å². The van der Waals surface area contributed by atoms with Crippen molar-refractivity contribution >= 4 is 29.1 Å². The number of carbonyl (C=O) groups excluding carboxylic acids is 3. The molecule has 4 N–H and O–H groups in total. The fourth-order valence-electron chi connectivity index (χ4n) is 5.10. The van der Waals surface area contributed by atoms with Crippen molar-refractivity contribution < 1.29 is 14.4 Å². The lowest BCUT2D eigenvalue weighted by Crippen LogP contribution is -2.49. The van der Waals surface area contributed by atoms with Crippen molar-refractivity contribution in [1.29, 1.82) is 0 Å². The van der Waals surface area contributed by atoms with E-state index in [1.807, 2.05) is 11.0 Å². The molecular weight excluding hydrogens is 494 g/mol. The molecule has 0 bridgehead atoms. The maximum Gasteiger partial charge on any atom is 0.257 e. The molecule has 1 aliphatic heterocycles. The average molecular weight is 528 g/mol. The van der Waals surface area contributed by atoms with Gasteiger partial charge in [0.05, 0.1) is 16.9 Å². The zero-order valence-electron chi connectivity index (χ0n) is 21.8. The number of rotatable bonds is 6. The third-order valence-corrected chi connectivity index (χ3v) is 7.37. The molecule has 3 aromatic rings. The molecule has 3 amide bonds. The van der Waals surface area contributed by atoms with E-state index in [9.17, 15) is 14.4 Å². The fraction of sp³-hybridized carbons (Fsp3) is 0.345. The zero-order chi connectivity index (χ0) is 27.2. The third kappa shape index (κ3) is 6.40. The van der Waals surface area contributed by atoms with Gasteiger partial charge in [-0.25, -0.2) is 0 Å². The first kappa shape index (κ1) is 26.3. The monoisotopic (exact) mass is 527 g/mol. The summed E-state index contributed by atoms with van der Waals surface area (Å²) in [6, 6.07) is 12.5. The van der Waals surface area contributed by atoms with Gasteiger partial charge in [-0.05, 0) is 68.1 Å². The number of aromatic nitrogens is 2. The molecule has 2 aromatic heterocycles. The first-order chi connectivity index (χ1) is 19.0. The number of piperazine rings is 1. The van der Waals surface area contributed by atoms with E-state index in [4.69, 9.17) is 5.73 Å². The Kier molecular flexibility index (Phi) is 8.12. The predicted molar refractivity (Wildman–Crippen MR) is 149 cm³/mol. The molecule has 1 saturated heterocycles. The third-order valence-electron chi connectivity index (χ3n) is 7.37. The summed E-state index contributed by atoms with van der Waals surface area (Å²) in [4.78, 5) is 51.0. The summed E-state index contributed by atoms with van der Waals surface area (Å²) in [5, 5.41) is 6.11. The van der Waals surface area contributed by atoms with Gasteiger partial charge in [-0.2, -0.15) is 0 Å². The van der Waals surface area contributed by atoms with Gasteiger partial charge in [-0.15, -0.1) is 0 Å². The van der Waals surface area contributed by atoms with Crippen LogP contribution < -0.4 is 21.3 Å². The van der Waals surface area contributed by atoms with Crippen LogP contribution in [0.15, 0.2) is 67.3 Å². The summed E-state index contributed by atoms with van der Waals surface area (Å²) in [7, 11) is 0. The molecule has 2 fully saturated rings. The first-order valence-corrected chi connectivity index (χ1v) is 13.3. The van der Waals surface area contributed by atoms with Gasteiger partial charge in [-0.1, -0.05) is 0 Å². The number of carbonyl (C=O) groups is 3. The summed E-state index contributed by atoms with van der Waals surface area (Å²) in [5.74, 6) is -0.515. The maximum atomic E-state index is 13.1. The largest absolute Gasteiger partial charge is 0.366 e. The molecule has 1 aromatic carbocycles. The highest BCUT2D eigenvalue weighted by atomic mass is 16.2. The van der Waals surface area contributed by atoms with Crippen molar-refractivity contribution in [1.82, 2.24) is 20.2 Å². The van der Waals surface area contributed by atoms with Gasteiger partial charge in [0.2, 0.25) is 0 Å². The molecule has 0 atom stereocenters. The van der Waals surface area contributed by atoms with Gasteiger partial charge in [0, 0.05) is 74.2 Å². The van der Waals surface area contributed by atoms with E-state index in [2.05, 4.69) is 25.5 Å². The minimum atomic E-state index is -0.310. The predicted octanol–water partition coefficient (Wildman–Crippen LogP) is 2.69. The molecule has 39 heavy (non-hydrogen) atoms. The number of pyridine rings is 2. The van der Waals surface area contributed by atoms with Crippen molar-refractivity contribution in [3.05, 3.63) is 83.9 Å². The molecular formula is C29H33N7O3. The number of nitrogens with two attached hydrogens (primary N) is 1. The molecule has 0 spiro atoms. The molecule has 1 saturated carbocycles. The van der Waals surface area contributed by atoms with Crippen molar-refractivity contribution in [3.63, 3.8) is 0 Å². The number of benzene rings is 1. The molecule has 2 aliphatic rings. The molecule has 0 radical (unpaired) electrons. The van der Waals surface area contributed by atoms with Gasteiger partial charge >= 0.3 is 0 Å². The second-order valence-electron chi connectivity index (χ2n) is 10.0. The van der Waals surface area contributed by atoms with Gasteiger partial charge in [-0.3, -0.25) is 24.4 Å².